The smallest absolute Gasteiger partial charge is 0.348 e. The number of aromatic nitrogens is 3. The van der Waals surface area contributed by atoms with E-state index in [9.17, 15) is 18.0 Å². The number of carbonyl (C=O) groups excluding carboxylic acids is 1. The van der Waals surface area contributed by atoms with Gasteiger partial charge in [0.05, 0.1) is 10.7 Å². The van der Waals surface area contributed by atoms with Crippen molar-refractivity contribution in [2.24, 2.45) is 0 Å². The SMILES string of the molecule is O=C(NCc1cccnc1)c1ccc(Cc2cc(C(F)(F)F)nn2-c2ccccc2Cl)cc1. The van der Waals surface area contributed by atoms with Crippen LogP contribution in [0.3, 0.4) is 0 Å². The Labute approximate surface area is 192 Å². The largest absolute Gasteiger partial charge is 0.435 e. The minimum absolute atomic E-state index is 0.173. The van der Waals surface area contributed by atoms with Crippen LogP contribution in [0.4, 0.5) is 13.2 Å². The standard InChI is InChI=1S/C24H18ClF3N4O/c25-20-5-1-2-6-21(20)32-19(13-22(31-32)24(26,27)28)12-16-7-9-18(10-8-16)23(33)30-15-17-4-3-11-29-14-17/h1-11,13-14H,12,15H2,(H,30,33). The zero-order chi connectivity index (χ0) is 23.4. The molecule has 4 rings (SSSR count). The maximum absolute atomic E-state index is 13.3. The topological polar surface area (TPSA) is 59.8 Å². The molecule has 9 heteroatoms. The molecule has 0 aliphatic rings. The maximum atomic E-state index is 13.3. The molecule has 5 nitrogen and oxygen atoms in total. The monoisotopic (exact) mass is 470 g/mol. The molecule has 0 atom stereocenters. The van der Waals surface area contributed by atoms with Crippen LogP contribution in [0.25, 0.3) is 5.69 Å². The van der Waals surface area contributed by atoms with Gasteiger partial charge in [-0.3, -0.25) is 9.78 Å². The molecule has 0 radical (unpaired) electrons. The predicted octanol–water partition coefficient (Wildman–Crippen LogP) is 5.46. The molecule has 0 bridgehead atoms. The average Bonchev–Trinajstić information content (AvgIpc) is 3.23. The molecule has 0 saturated carbocycles. The number of pyridine rings is 1. The second kappa shape index (κ2) is 9.46. The van der Waals surface area contributed by atoms with E-state index in [1.165, 1.54) is 4.68 Å². The molecule has 2 heterocycles. The number of amides is 1. The summed E-state index contributed by atoms with van der Waals surface area (Å²) < 4.78 is 41.2. The van der Waals surface area contributed by atoms with E-state index < -0.39 is 11.9 Å². The molecule has 0 unspecified atom stereocenters. The van der Waals surface area contributed by atoms with Crippen LogP contribution in [0.2, 0.25) is 5.02 Å². The molecule has 0 saturated heterocycles. The van der Waals surface area contributed by atoms with E-state index in [1.807, 2.05) is 6.07 Å². The molecule has 168 valence electrons. The van der Waals surface area contributed by atoms with Gasteiger partial charge in [0.1, 0.15) is 0 Å². The molecular weight excluding hydrogens is 453 g/mol. The number of carbonyl (C=O) groups is 1. The number of para-hydroxylation sites is 1. The highest BCUT2D eigenvalue weighted by Crippen LogP contribution is 2.31. The van der Waals surface area contributed by atoms with E-state index in [4.69, 9.17) is 11.6 Å². The molecule has 0 spiro atoms. The van der Waals surface area contributed by atoms with Crippen LogP contribution in [0, 0.1) is 0 Å². The van der Waals surface area contributed by atoms with Gasteiger partial charge in [0.25, 0.3) is 5.91 Å². The first-order valence-corrected chi connectivity index (χ1v) is 10.4. The third kappa shape index (κ3) is 5.40. The number of hydrogen-bond acceptors (Lipinski definition) is 3. The Kier molecular flexibility index (Phi) is 6.46. The Morgan fingerprint density at radius 2 is 1.76 bits per heavy atom. The van der Waals surface area contributed by atoms with Crippen LogP contribution in [0.1, 0.15) is 32.9 Å². The van der Waals surface area contributed by atoms with E-state index in [0.29, 0.717) is 23.5 Å². The highest BCUT2D eigenvalue weighted by atomic mass is 35.5. The molecule has 2 aromatic carbocycles. The molecule has 1 amide bonds. The summed E-state index contributed by atoms with van der Waals surface area (Å²) in [6.07, 6.45) is -1.09. The van der Waals surface area contributed by atoms with Crippen LogP contribution in [0.5, 0.6) is 0 Å². The van der Waals surface area contributed by atoms with E-state index in [2.05, 4.69) is 15.4 Å². The van der Waals surface area contributed by atoms with Crippen molar-refractivity contribution in [2.75, 3.05) is 0 Å². The van der Waals surface area contributed by atoms with Crippen LogP contribution in [0.15, 0.2) is 79.1 Å². The molecule has 0 aliphatic carbocycles. The third-order valence-corrected chi connectivity index (χ3v) is 5.25. The van der Waals surface area contributed by atoms with Crippen molar-refractivity contribution in [2.45, 2.75) is 19.1 Å². The van der Waals surface area contributed by atoms with Crippen LogP contribution >= 0.6 is 11.6 Å². The van der Waals surface area contributed by atoms with Gasteiger partial charge in [0.15, 0.2) is 5.69 Å². The number of hydrogen-bond donors (Lipinski definition) is 1. The van der Waals surface area contributed by atoms with Crippen molar-refractivity contribution in [1.29, 1.82) is 0 Å². The first-order valence-electron chi connectivity index (χ1n) is 9.98. The molecule has 0 aliphatic heterocycles. The third-order valence-electron chi connectivity index (χ3n) is 4.93. The molecule has 33 heavy (non-hydrogen) atoms. The summed E-state index contributed by atoms with van der Waals surface area (Å²) in [5, 5.41) is 6.84. The van der Waals surface area contributed by atoms with Crippen molar-refractivity contribution < 1.29 is 18.0 Å². The highest BCUT2D eigenvalue weighted by molar-refractivity contribution is 6.32. The molecule has 4 aromatic rings. The molecule has 1 N–H and O–H groups in total. The van der Waals surface area contributed by atoms with Gasteiger partial charge in [-0.2, -0.15) is 18.3 Å². The Hall–Kier alpha value is -3.65. The summed E-state index contributed by atoms with van der Waals surface area (Å²) in [6, 6.07) is 17.9. The van der Waals surface area contributed by atoms with E-state index in [0.717, 1.165) is 17.2 Å². The number of nitrogens with one attached hydrogen (secondary N) is 1. The fourth-order valence-corrected chi connectivity index (χ4v) is 3.50. The van der Waals surface area contributed by atoms with E-state index >= 15 is 0 Å². The van der Waals surface area contributed by atoms with Crippen molar-refractivity contribution in [3.63, 3.8) is 0 Å². The van der Waals surface area contributed by atoms with Gasteiger partial charge >= 0.3 is 6.18 Å². The average molecular weight is 471 g/mol. The van der Waals surface area contributed by atoms with Crippen LogP contribution < -0.4 is 5.32 Å². The van der Waals surface area contributed by atoms with Crippen LogP contribution in [-0.4, -0.2) is 20.7 Å². The van der Waals surface area contributed by atoms with Gasteiger partial charge in [-0.05, 0) is 47.5 Å². The summed E-state index contributed by atoms with van der Waals surface area (Å²) in [5.41, 5.74) is 1.72. The minimum Gasteiger partial charge on any atom is -0.348 e. The lowest BCUT2D eigenvalue weighted by atomic mass is 10.1. The van der Waals surface area contributed by atoms with Gasteiger partial charge in [0, 0.05) is 36.6 Å². The quantitative estimate of drug-likeness (QED) is 0.407. The lowest BCUT2D eigenvalue weighted by molar-refractivity contribution is -0.141. The summed E-state index contributed by atoms with van der Waals surface area (Å²) in [6.45, 7) is 0.339. The van der Waals surface area contributed by atoms with E-state index in [-0.39, 0.29) is 17.4 Å². The summed E-state index contributed by atoms with van der Waals surface area (Å²) in [5.74, 6) is -0.258. The van der Waals surface area contributed by atoms with Crippen LogP contribution in [-0.2, 0) is 19.1 Å². The molecule has 2 aromatic heterocycles. The first-order chi connectivity index (χ1) is 15.8. The predicted molar refractivity (Wildman–Crippen MR) is 118 cm³/mol. The fraction of sp³-hybridized carbons (Fsp3) is 0.125. The van der Waals surface area contributed by atoms with Crippen molar-refractivity contribution >= 4 is 17.5 Å². The summed E-state index contributed by atoms with van der Waals surface area (Å²) >= 11 is 6.20. The zero-order valence-corrected chi connectivity index (χ0v) is 17.9. The number of benzene rings is 2. The minimum atomic E-state index is -4.59. The zero-order valence-electron chi connectivity index (χ0n) is 17.2. The highest BCUT2D eigenvalue weighted by Gasteiger charge is 2.35. The second-order valence-corrected chi connectivity index (χ2v) is 7.71. The van der Waals surface area contributed by atoms with Crippen molar-refractivity contribution in [1.82, 2.24) is 20.1 Å². The Morgan fingerprint density at radius 1 is 1.00 bits per heavy atom. The molecular formula is C24H18ClF3N4O. The summed E-state index contributed by atoms with van der Waals surface area (Å²) in [4.78, 5) is 16.4. The lowest BCUT2D eigenvalue weighted by Crippen LogP contribution is -2.22. The molecule has 0 fully saturated rings. The van der Waals surface area contributed by atoms with Gasteiger partial charge in [-0.15, -0.1) is 0 Å². The maximum Gasteiger partial charge on any atom is 0.435 e. The van der Waals surface area contributed by atoms with Gasteiger partial charge in [-0.25, -0.2) is 4.68 Å². The van der Waals surface area contributed by atoms with E-state index in [1.54, 1.807) is 67.0 Å². The fourth-order valence-electron chi connectivity index (χ4n) is 3.29. The number of rotatable bonds is 6. The first kappa shape index (κ1) is 22.5. The number of nitrogens with zero attached hydrogens (tertiary/aromatic N) is 3. The number of alkyl halides is 3. The Bertz CT molecular complexity index is 1250. The Morgan fingerprint density at radius 3 is 2.42 bits per heavy atom. The normalized spacial score (nSPS) is 11.4. The van der Waals surface area contributed by atoms with Crippen molar-refractivity contribution in [3.8, 4) is 5.69 Å². The van der Waals surface area contributed by atoms with Crippen molar-refractivity contribution in [3.05, 3.63) is 112 Å². The van der Waals surface area contributed by atoms with Gasteiger partial charge in [0.2, 0.25) is 0 Å². The van der Waals surface area contributed by atoms with Gasteiger partial charge < -0.3 is 5.32 Å². The lowest BCUT2D eigenvalue weighted by Gasteiger charge is -2.10. The Balaban J connectivity index is 1.53. The summed E-state index contributed by atoms with van der Waals surface area (Å²) in [7, 11) is 0. The van der Waals surface area contributed by atoms with Gasteiger partial charge in [-0.1, -0.05) is 41.9 Å². The number of halogens is 4. The second-order valence-electron chi connectivity index (χ2n) is 7.30.